The molecule has 0 aromatic heterocycles. The molecule has 0 unspecified atom stereocenters. The molecule has 0 atom stereocenters. The maximum Gasteiger partial charge on any atom is 0.328 e. The second-order valence-corrected chi connectivity index (χ2v) is 5.69. The summed E-state index contributed by atoms with van der Waals surface area (Å²) in [6.07, 6.45) is 1.30. The van der Waals surface area contributed by atoms with Gasteiger partial charge in [-0.2, -0.15) is 0 Å². The number of amides is 4. The SMILES string of the molecule is CC(C)(CN=CC1C(=O)NC(=O)NC1=O)N1CCOCC1. The van der Waals surface area contributed by atoms with Crippen molar-refractivity contribution in [3.63, 3.8) is 0 Å². The van der Waals surface area contributed by atoms with E-state index in [4.69, 9.17) is 4.74 Å². The summed E-state index contributed by atoms with van der Waals surface area (Å²) in [6.45, 7) is 7.63. The predicted molar refractivity (Wildman–Crippen MR) is 75.0 cm³/mol. The minimum atomic E-state index is -1.05. The van der Waals surface area contributed by atoms with Gasteiger partial charge in [0.2, 0.25) is 11.8 Å². The summed E-state index contributed by atoms with van der Waals surface area (Å²) < 4.78 is 5.31. The van der Waals surface area contributed by atoms with Crippen molar-refractivity contribution >= 4 is 24.1 Å². The van der Waals surface area contributed by atoms with Crippen molar-refractivity contribution in [2.75, 3.05) is 32.8 Å². The third-order valence-electron chi connectivity index (χ3n) is 3.64. The average Bonchev–Trinajstić information content (AvgIpc) is 2.42. The van der Waals surface area contributed by atoms with Crippen LogP contribution in [0.15, 0.2) is 4.99 Å². The summed E-state index contributed by atoms with van der Waals surface area (Å²) in [5.41, 5.74) is -0.183. The number of carbonyl (C=O) groups is 3. The van der Waals surface area contributed by atoms with Crippen molar-refractivity contribution in [1.82, 2.24) is 15.5 Å². The molecule has 2 saturated heterocycles. The van der Waals surface area contributed by atoms with Crippen molar-refractivity contribution in [2.45, 2.75) is 19.4 Å². The molecule has 0 aromatic carbocycles. The lowest BCUT2D eigenvalue weighted by molar-refractivity contribution is -0.132. The van der Waals surface area contributed by atoms with Gasteiger partial charge in [0.25, 0.3) is 0 Å². The number of morpholine rings is 1. The molecule has 2 fully saturated rings. The Morgan fingerprint density at radius 2 is 1.81 bits per heavy atom. The Morgan fingerprint density at radius 1 is 1.24 bits per heavy atom. The number of carbonyl (C=O) groups excluding carboxylic acids is 3. The van der Waals surface area contributed by atoms with E-state index in [9.17, 15) is 14.4 Å². The van der Waals surface area contributed by atoms with Gasteiger partial charge >= 0.3 is 6.03 Å². The molecule has 8 nitrogen and oxygen atoms in total. The Hall–Kier alpha value is -1.80. The van der Waals surface area contributed by atoms with Crippen molar-refractivity contribution in [2.24, 2.45) is 10.9 Å². The number of nitrogens with zero attached hydrogens (tertiary/aromatic N) is 2. The maximum atomic E-state index is 11.6. The fourth-order valence-electron chi connectivity index (χ4n) is 2.32. The molecule has 8 heteroatoms. The monoisotopic (exact) mass is 296 g/mol. The van der Waals surface area contributed by atoms with E-state index in [1.54, 1.807) is 0 Å². The number of barbiturate groups is 1. The molecule has 2 rings (SSSR count). The van der Waals surface area contributed by atoms with Crippen LogP contribution >= 0.6 is 0 Å². The van der Waals surface area contributed by atoms with Gasteiger partial charge in [-0.15, -0.1) is 0 Å². The average molecular weight is 296 g/mol. The van der Waals surface area contributed by atoms with Crippen LogP contribution in [0.4, 0.5) is 4.79 Å². The molecular formula is C13H20N4O4. The molecule has 0 bridgehead atoms. The molecule has 0 saturated carbocycles. The zero-order chi connectivity index (χ0) is 15.5. The van der Waals surface area contributed by atoms with Crippen LogP contribution in [0.2, 0.25) is 0 Å². The number of rotatable bonds is 4. The molecule has 2 N–H and O–H groups in total. The molecule has 0 radical (unpaired) electrons. The fourth-order valence-corrected chi connectivity index (χ4v) is 2.32. The number of hydrogen-bond acceptors (Lipinski definition) is 6. The minimum Gasteiger partial charge on any atom is -0.379 e. The van der Waals surface area contributed by atoms with Crippen LogP contribution in [-0.2, 0) is 14.3 Å². The van der Waals surface area contributed by atoms with Crippen LogP contribution in [0.1, 0.15) is 13.8 Å². The second-order valence-electron chi connectivity index (χ2n) is 5.69. The second kappa shape index (κ2) is 6.31. The van der Waals surface area contributed by atoms with Crippen molar-refractivity contribution < 1.29 is 19.1 Å². The molecule has 0 spiro atoms. The zero-order valence-electron chi connectivity index (χ0n) is 12.2. The van der Waals surface area contributed by atoms with Gasteiger partial charge in [0, 0.05) is 24.8 Å². The highest BCUT2D eigenvalue weighted by atomic mass is 16.5. The number of hydrogen-bond donors (Lipinski definition) is 2. The Kier molecular flexibility index (Phi) is 4.69. The standard InChI is InChI=1S/C13H20N4O4/c1-13(2,17-3-5-21-6-4-17)8-14-7-9-10(18)15-12(20)16-11(9)19/h7,9H,3-6,8H2,1-2H3,(H2,15,16,18,19,20). The number of urea groups is 1. The lowest BCUT2D eigenvalue weighted by atomic mass is 10.0. The molecule has 2 heterocycles. The summed E-state index contributed by atoms with van der Waals surface area (Å²) in [5, 5.41) is 4.09. The zero-order valence-corrected chi connectivity index (χ0v) is 12.2. The van der Waals surface area contributed by atoms with E-state index >= 15 is 0 Å². The Labute approximate surface area is 122 Å². The van der Waals surface area contributed by atoms with Crippen LogP contribution < -0.4 is 10.6 Å². The van der Waals surface area contributed by atoms with E-state index in [0.29, 0.717) is 19.8 Å². The van der Waals surface area contributed by atoms with E-state index in [0.717, 1.165) is 13.1 Å². The summed E-state index contributed by atoms with van der Waals surface area (Å²) >= 11 is 0. The highest BCUT2D eigenvalue weighted by molar-refractivity contribution is 6.23. The maximum absolute atomic E-state index is 11.6. The predicted octanol–water partition coefficient (Wildman–Crippen LogP) is -0.850. The first kappa shape index (κ1) is 15.6. The van der Waals surface area contributed by atoms with Gasteiger partial charge in [0.15, 0.2) is 5.92 Å². The molecule has 2 aliphatic heterocycles. The normalized spacial score (nSPS) is 22.5. The van der Waals surface area contributed by atoms with Gasteiger partial charge in [0.1, 0.15) is 0 Å². The number of nitrogens with one attached hydrogen (secondary N) is 2. The lowest BCUT2D eigenvalue weighted by Gasteiger charge is -2.39. The van der Waals surface area contributed by atoms with Crippen LogP contribution in [0.3, 0.4) is 0 Å². The highest BCUT2D eigenvalue weighted by Gasteiger charge is 2.33. The fraction of sp³-hybridized carbons (Fsp3) is 0.692. The van der Waals surface area contributed by atoms with Crippen molar-refractivity contribution in [3.05, 3.63) is 0 Å². The van der Waals surface area contributed by atoms with Gasteiger partial charge < -0.3 is 4.74 Å². The quantitative estimate of drug-likeness (QED) is 0.520. The van der Waals surface area contributed by atoms with E-state index in [-0.39, 0.29) is 5.54 Å². The Bertz CT molecular complexity index is 449. The van der Waals surface area contributed by atoms with E-state index in [1.807, 2.05) is 10.6 Å². The van der Waals surface area contributed by atoms with Crippen LogP contribution in [0.25, 0.3) is 0 Å². The Balaban J connectivity index is 1.93. The molecular weight excluding hydrogens is 276 g/mol. The first-order valence-corrected chi connectivity index (χ1v) is 6.88. The summed E-state index contributed by atoms with van der Waals surface area (Å²) in [5.74, 6) is -2.34. The van der Waals surface area contributed by atoms with Crippen molar-refractivity contribution in [1.29, 1.82) is 0 Å². The molecule has 21 heavy (non-hydrogen) atoms. The third-order valence-corrected chi connectivity index (χ3v) is 3.64. The minimum absolute atomic E-state index is 0.183. The van der Waals surface area contributed by atoms with Crippen molar-refractivity contribution in [3.8, 4) is 0 Å². The molecule has 116 valence electrons. The molecule has 0 aromatic rings. The summed E-state index contributed by atoms with van der Waals surface area (Å²) in [4.78, 5) is 40.6. The van der Waals surface area contributed by atoms with Crippen LogP contribution in [0, 0.1) is 5.92 Å². The van der Waals surface area contributed by atoms with Gasteiger partial charge in [-0.05, 0) is 13.8 Å². The Morgan fingerprint density at radius 3 is 2.38 bits per heavy atom. The highest BCUT2D eigenvalue weighted by Crippen LogP contribution is 2.16. The summed E-state index contributed by atoms with van der Waals surface area (Å²) in [6, 6.07) is -0.789. The summed E-state index contributed by atoms with van der Waals surface area (Å²) in [7, 11) is 0. The van der Waals surface area contributed by atoms with Gasteiger partial charge in [-0.25, -0.2) is 4.79 Å². The van der Waals surface area contributed by atoms with Crippen LogP contribution in [0.5, 0.6) is 0 Å². The molecule has 4 amide bonds. The first-order valence-electron chi connectivity index (χ1n) is 6.88. The van der Waals surface area contributed by atoms with Gasteiger partial charge in [-0.3, -0.25) is 30.1 Å². The van der Waals surface area contributed by atoms with E-state index in [1.165, 1.54) is 6.21 Å². The first-order chi connectivity index (χ1) is 9.90. The van der Waals surface area contributed by atoms with Gasteiger partial charge in [-0.1, -0.05) is 0 Å². The molecule has 2 aliphatic rings. The topological polar surface area (TPSA) is 100 Å². The third kappa shape index (κ3) is 3.85. The number of imide groups is 2. The van der Waals surface area contributed by atoms with E-state index < -0.39 is 23.8 Å². The smallest absolute Gasteiger partial charge is 0.328 e. The largest absolute Gasteiger partial charge is 0.379 e. The number of aliphatic imine (C=N–C) groups is 1. The van der Waals surface area contributed by atoms with E-state index in [2.05, 4.69) is 23.7 Å². The number of ether oxygens (including phenoxy) is 1. The lowest BCUT2D eigenvalue weighted by Crippen LogP contribution is -2.56. The van der Waals surface area contributed by atoms with Crippen LogP contribution in [-0.4, -0.2) is 67.3 Å². The molecule has 0 aliphatic carbocycles. The van der Waals surface area contributed by atoms with Gasteiger partial charge in [0.05, 0.1) is 19.8 Å².